The molecule has 2 N–H and O–H groups in total. The molecular weight excluding hydrogens is 535 g/mol. The molecule has 2 rings (SSSR count). The summed E-state index contributed by atoms with van der Waals surface area (Å²) in [7, 11) is 6.79. The van der Waals surface area contributed by atoms with Crippen molar-refractivity contribution in [2.24, 2.45) is 4.99 Å². The van der Waals surface area contributed by atoms with E-state index in [4.69, 9.17) is 14.2 Å². The van der Waals surface area contributed by atoms with Gasteiger partial charge < -0.3 is 29.7 Å². The van der Waals surface area contributed by atoms with Gasteiger partial charge in [-0.05, 0) is 36.2 Å². The van der Waals surface area contributed by atoms with Crippen molar-refractivity contribution in [2.75, 3.05) is 48.1 Å². The molecule has 0 radical (unpaired) electrons. The number of nitrogens with zero attached hydrogens (tertiary/aromatic N) is 2. The molecule has 9 heteroatoms. The maximum absolute atomic E-state index is 11.7. The van der Waals surface area contributed by atoms with Crippen molar-refractivity contribution in [2.45, 2.75) is 20.0 Å². The third kappa shape index (κ3) is 10.3. The Kier molecular flexibility index (Phi) is 13.2. The molecule has 0 unspecified atom stereocenters. The van der Waals surface area contributed by atoms with E-state index in [9.17, 15) is 4.79 Å². The number of methoxy groups -OCH3 is 1. The molecule has 182 valence electrons. The van der Waals surface area contributed by atoms with Crippen LogP contribution in [0.15, 0.2) is 47.5 Å². The van der Waals surface area contributed by atoms with E-state index in [0.717, 1.165) is 22.4 Å². The van der Waals surface area contributed by atoms with Crippen molar-refractivity contribution in [1.29, 1.82) is 0 Å². The lowest BCUT2D eigenvalue weighted by molar-refractivity contribution is -0.130. The second-order valence-electron chi connectivity index (χ2n) is 7.46. The molecule has 0 atom stereocenters. The zero-order chi connectivity index (χ0) is 23.3. The monoisotopic (exact) mass is 570 g/mol. The largest absolute Gasteiger partial charge is 0.491 e. The van der Waals surface area contributed by atoms with Gasteiger partial charge in [0.25, 0.3) is 5.91 Å². The molecule has 2 aromatic rings. The molecule has 0 heterocycles. The minimum atomic E-state index is -0.0835. The van der Waals surface area contributed by atoms with Crippen molar-refractivity contribution >= 4 is 35.8 Å². The van der Waals surface area contributed by atoms with Crippen LogP contribution in [0.25, 0.3) is 0 Å². The van der Waals surface area contributed by atoms with Gasteiger partial charge in [-0.25, -0.2) is 0 Å². The minimum absolute atomic E-state index is 0. The van der Waals surface area contributed by atoms with Crippen LogP contribution in [-0.2, 0) is 22.6 Å². The Hall–Kier alpha value is -2.53. The molecule has 0 spiro atoms. The SMILES string of the molecule is CN=C(NCc1cccc(OCC(=O)N(C)C)c1)NCc1ccc(C)cc1OCCOC.I. The van der Waals surface area contributed by atoms with Crippen LogP contribution in [0.3, 0.4) is 0 Å². The first-order chi connectivity index (χ1) is 15.4. The first kappa shape index (κ1) is 28.5. The Bertz CT molecular complexity index is 906. The normalized spacial score (nSPS) is 10.8. The van der Waals surface area contributed by atoms with E-state index in [1.807, 2.05) is 43.3 Å². The van der Waals surface area contributed by atoms with Crippen molar-refractivity contribution in [3.05, 3.63) is 59.2 Å². The van der Waals surface area contributed by atoms with Gasteiger partial charge in [0.15, 0.2) is 12.6 Å². The number of rotatable bonds is 11. The number of aryl methyl sites for hydroxylation is 1. The van der Waals surface area contributed by atoms with Crippen LogP contribution in [-0.4, -0.2) is 64.8 Å². The summed E-state index contributed by atoms with van der Waals surface area (Å²) in [5, 5.41) is 6.62. The predicted molar refractivity (Wildman–Crippen MR) is 142 cm³/mol. The Morgan fingerprint density at radius 3 is 2.48 bits per heavy atom. The summed E-state index contributed by atoms with van der Waals surface area (Å²) < 4.78 is 16.5. The van der Waals surface area contributed by atoms with E-state index in [1.54, 1.807) is 28.3 Å². The topological polar surface area (TPSA) is 84.4 Å². The summed E-state index contributed by atoms with van der Waals surface area (Å²) in [6.45, 7) is 4.21. The number of guanidine groups is 1. The van der Waals surface area contributed by atoms with Crippen molar-refractivity contribution in [3.63, 3.8) is 0 Å². The number of benzene rings is 2. The second kappa shape index (κ2) is 15.3. The average Bonchev–Trinajstić information content (AvgIpc) is 2.79. The molecule has 0 bridgehead atoms. The second-order valence-corrected chi connectivity index (χ2v) is 7.46. The van der Waals surface area contributed by atoms with Crippen LogP contribution in [0.2, 0.25) is 0 Å². The van der Waals surface area contributed by atoms with Gasteiger partial charge in [-0.15, -0.1) is 24.0 Å². The molecule has 1 amide bonds. The number of aliphatic imine (C=N–C) groups is 1. The quantitative estimate of drug-likeness (QED) is 0.187. The molecule has 0 aromatic heterocycles. The van der Waals surface area contributed by atoms with E-state index in [-0.39, 0.29) is 36.5 Å². The van der Waals surface area contributed by atoms with Crippen LogP contribution >= 0.6 is 24.0 Å². The highest BCUT2D eigenvalue weighted by Crippen LogP contribution is 2.20. The highest BCUT2D eigenvalue weighted by Gasteiger charge is 2.08. The summed E-state index contributed by atoms with van der Waals surface area (Å²) in [4.78, 5) is 17.5. The van der Waals surface area contributed by atoms with Crippen molar-refractivity contribution in [1.82, 2.24) is 15.5 Å². The molecule has 0 aliphatic carbocycles. The van der Waals surface area contributed by atoms with Crippen LogP contribution in [0.4, 0.5) is 0 Å². The van der Waals surface area contributed by atoms with Crippen LogP contribution < -0.4 is 20.1 Å². The molecule has 0 fully saturated rings. The molecular formula is C24H35IN4O4. The molecule has 0 aliphatic rings. The van der Waals surface area contributed by atoms with E-state index >= 15 is 0 Å². The van der Waals surface area contributed by atoms with Gasteiger partial charge in [0.1, 0.15) is 18.1 Å². The number of carbonyl (C=O) groups excluding carboxylic acids is 1. The Morgan fingerprint density at radius 1 is 1.03 bits per heavy atom. The summed E-state index contributed by atoms with van der Waals surface area (Å²) in [6.07, 6.45) is 0. The van der Waals surface area contributed by atoms with E-state index in [1.165, 1.54) is 4.90 Å². The van der Waals surface area contributed by atoms with Crippen molar-refractivity contribution in [3.8, 4) is 11.5 Å². The maximum atomic E-state index is 11.7. The van der Waals surface area contributed by atoms with Gasteiger partial charge in [-0.2, -0.15) is 0 Å². The zero-order valence-electron chi connectivity index (χ0n) is 20.0. The number of nitrogens with one attached hydrogen (secondary N) is 2. The Balaban J connectivity index is 0.00000544. The van der Waals surface area contributed by atoms with Gasteiger partial charge in [0, 0.05) is 46.9 Å². The number of carbonyl (C=O) groups is 1. The van der Waals surface area contributed by atoms with Gasteiger partial charge in [0.05, 0.1) is 6.61 Å². The smallest absolute Gasteiger partial charge is 0.259 e. The van der Waals surface area contributed by atoms with Crippen molar-refractivity contribution < 1.29 is 19.0 Å². The molecule has 8 nitrogen and oxygen atoms in total. The minimum Gasteiger partial charge on any atom is -0.491 e. The number of halogens is 1. The standard InChI is InChI=1S/C24H34N4O4.HI/c1-18-9-10-20(22(13-18)31-12-11-30-5)16-27-24(25-2)26-15-19-7-6-8-21(14-19)32-17-23(29)28(3)4;/h6-10,13-14H,11-12,15-17H2,1-5H3,(H2,25,26,27);1H. The number of ether oxygens (including phenoxy) is 3. The molecule has 33 heavy (non-hydrogen) atoms. The lowest BCUT2D eigenvalue weighted by Gasteiger charge is -2.16. The van der Waals surface area contributed by atoms with E-state index < -0.39 is 0 Å². The molecule has 0 aliphatic heterocycles. The number of hydrogen-bond acceptors (Lipinski definition) is 5. The first-order valence-corrected chi connectivity index (χ1v) is 10.5. The van der Waals surface area contributed by atoms with Gasteiger partial charge in [0.2, 0.25) is 0 Å². The van der Waals surface area contributed by atoms with Gasteiger partial charge in [-0.3, -0.25) is 9.79 Å². The fourth-order valence-corrected chi connectivity index (χ4v) is 2.78. The van der Waals surface area contributed by atoms with Crippen LogP contribution in [0.1, 0.15) is 16.7 Å². The van der Waals surface area contributed by atoms with E-state index in [2.05, 4.69) is 21.7 Å². The van der Waals surface area contributed by atoms with E-state index in [0.29, 0.717) is 38.0 Å². The van der Waals surface area contributed by atoms with Gasteiger partial charge >= 0.3 is 0 Å². The summed E-state index contributed by atoms with van der Waals surface area (Å²) in [6, 6.07) is 13.8. The van der Waals surface area contributed by atoms with Crippen LogP contribution in [0.5, 0.6) is 11.5 Å². The third-order valence-electron chi connectivity index (χ3n) is 4.66. The fourth-order valence-electron chi connectivity index (χ4n) is 2.78. The highest BCUT2D eigenvalue weighted by atomic mass is 127. The maximum Gasteiger partial charge on any atom is 0.259 e. The molecule has 2 aromatic carbocycles. The summed E-state index contributed by atoms with van der Waals surface area (Å²) >= 11 is 0. The fraction of sp³-hybridized carbons (Fsp3) is 0.417. The average molecular weight is 570 g/mol. The lowest BCUT2D eigenvalue weighted by atomic mass is 10.1. The first-order valence-electron chi connectivity index (χ1n) is 10.5. The highest BCUT2D eigenvalue weighted by molar-refractivity contribution is 14.0. The number of amides is 1. The molecule has 0 saturated heterocycles. The van der Waals surface area contributed by atoms with Gasteiger partial charge in [-0.1, -0.05) is 24.3 Å². The number of likely N-dealkylation sites (N-methyl/N-ethyl adjacent to an activating group) is 1. The lowest BCUT2D eigenvalue weighted by Crippen LogP contribution is -2.36. The summed E-state index contributed by atoms with van der Waals surface area (Å²) in [5.74, 6) is 2.07. The Labute approximate surface area is 213 Å². The molecule has 0 saturated carbocycles. The number of hydrogen-bond donors (Lipinski definition) is 2. The zero-order valence-corrected chi connectivity index (χ0v) is 22.3. The third-order valence-corrected chi connectivity index (χ3v) is 4.66. The predicted octanol–water partition coefficient (Wildman–Crippen LogP) is 2.97. The summed E-state index contributed by atoms with van der Waals surface area (Å²) in [5.41, 5.74) is 3.19. The Morgan fingerprint density at radius 2 is 1.79 bits per heavy atom. The van der Waals surface area contributed by atoms with Crippen LogP contribution in [0, 0.1) is 6.92 Å².